The molecule has 0 bridgehead atoms. The standard InChI is InChI=1S/C35H55N3O9/c1-9-32(41)37(7)16-17-38(8)33(42)19-27-20-35(21-44-35)34(43)30(47-27)14-11-22(2)10-13-29-23(3)18-28(25(5)46-29)36-31(40)15-12-24(4)45-26(6)39/h10-12,14-15,23-25,27-30,34,43H,9,13,16-21H2,1-8H3,(H,36,40)/b14-11+,15-12-,22-10+/t23-,24-,25+,27+,28+,29-,30+,34+,35+/m0/s1. The molecule has 12 heteroatoms. The van der Waals surface area contributed by atoms with Gasteiger partial charge in [0.2, 0.25) is 17.7 Å². The van der Waals surface area contributed by atoms with E-state index in [1.54, 1.807) is 36.9 Å². The summed E-state index contributed by atoms with van der Waals surface area (Å²) in [7, 11) is 3.46. The average molecular weight is 662 g/mol. The molecular formula is C35H55N3O9. The minimum atomic E-state index is -0.834. The van der Waals surface area contributed by atoms with Crippen LogP contribution in [0.4, 0.5) is 0 Å². The Hall–Kier alpha value is -3.06. The Kier molecular flexibility index (Phi) is 14.2. The number of carbonyl (C=O) groups is 4. The number of nitrogens with one attached hydrogen (secondary N) is 1. The predicted molar refractivity (Wildman–Crippen MR) is 176 cm³/mol. The molecule has 12 nitrogen and oxygen atoms in total. The molecule has 3 aliphatic rings. The third-order valence-electron chi connectivity index (χ3n) is 9.25. The first kappa shape index (κ1) is 38.4. The van der Waals surface area contributed by atoms with Crippen molar-refractivity contribution in [3.05, 3.63) is 36.0 Å². The number of carbonyl (C=O) groups excluding carboxylic acids is 4. The molecule has 1 spiro atoms. The molecule has 47 heavy (non-hydrogen) atoms. The van der Waals surface area contributed by atoms with Gasteiger partial charge >= 0.3 is 5.97 Å². The first-order valence-corrected chi connectivity index (χ1v) is 16.8. The molecule has 264 valence electrons. The third-order valence-corrected chi connectivity index (χ3v) is 9.25. The lowest BCUT2D eigenvalue weighted by Gasteiger charge is -2.39. The van der Waals surface area contributed by atoms with Crippen molar-refractivity contribution < 1.29 is 43.2 Å². The van der Waals surface area contributed by atoms with Crippen molar-refractivity contribution in [2.75, 3.05) is 33.8 Å². The van der Waals surface area contributed by atoms with Gasteiger partial charge in [0.15, 0.2) is 0 Å². The number of aliphatic hydroxyl groups excluding tert-OH is 1. The minimum Gasteiger partial charge on any atom is -0.459 e. The molecule has 0 aliphatic carbocycles. The molecule has 9 atom stereocenters. The van der Waals surface area contributed by atoms with Crippen LogP contribution in [-0.2, 0) is 38.1 Å². The molecular weight excluding hydrogens is 606 g/mol. The van der Waals surface area contributed by atoms with E-state index in [1.165, 1.54) is 13.0 Å². The van der Waals surface area contributed by atoms with E-state index in [1.807, 2.05) is 32.9 Å². The lowest BCUT2D eigenvalue weighted by Crippen LogP contribution is -2.51. The molecule has 3 heterocycles. The van der Waals surface area contributed by atoms with Gasteiger partial charge in [-0.05, 0) is 45.6 Å². The smallest absolute Gasteiger partial charge is 0.303 e. The van der Waals surface area contributed by atoms with Gasteiger partial charge in [-0.1, -0.05) is 37.6 Å². The van der Waals surface area contributed by atoms with E-state index >= 15 is 0 Å². The Morgan fingerprint density at radius 2 is 1.72 bits per heavy atom. The fourth-order valence-corrected chi connectivity index (χ4v) is 6.06. The highest BCUT2D eigenvalue weighted by atomic mass is 16.6. The molecule has 3 rings (SSSR count). The molecule has 3 aliphatic heterocycles. The fraction of sp³-hybridized carbons (Fsp3) is 0.714. The molecule has 3 saturated heterocycles. The van der Waals surface area contributed by atoms with Crippen molar-refractivity contribution in [1.82, 2.24) is 15.1 Å². The number of amides is 3. The second-order valence-electron chi connectivity index (χ2n) is 13.3. The average Bonchev–Trinajstić information content (AvgIpc) is 3.79. The van der Waals surface area contributed by atoms with E-state index in [0.29, 0.717) is 39.0 Å². The van der Waals surface area contributed by atoms with E-state index in [4.69, 9.17) is 18.9 Å². The van der Waals surface area contributed by atoms with Gasteiger partial charge in [0.1, 0.15) is 23.9 Å². The number of hydrogen-bond acceptors (Lipinski definition) is 9. The number of rotatable bonds is 14. The number of ether oxygens (including phenoxy) is 4. The first-order valence-electron chi connectivity index (χ1n) is 16.8. The van der Waals surface area contributed by atoms with Crippen molar-refractivity contribution >= 4 is 23.7 Å². The van der Waals surface area contributed by atoms with Crippen LogP contribution in [0.15, 0.2) is 36.0 Å². The Morgan fingerprint density at radius 3 is 2.34 bits per heavy atom. The van der Waals surface area contributed by atoms with E-state index in [-0.39, 0.29) is 48.3 Å². The number of hydrogen-bond donors (Lipinski definition) is 2. The van der Waals surface area contributed by atoms with Crippen molar-refractivity contribution in [2.45, 2.75) is 122 Å². The van der Waals surface area contributed by atoms with Gasteiger partial charge in [-0.25, -0.2) is 0 Å². The molecule has 3 amide bonds. The van der Waals surface area contributed by atoms with Crippen LogP contribution in [0.1, 0.15) is 73.6 Å². The van der Waals surface area contributed by atoms with Gasteiger partial charge in [-0.3, -0.25) is 19.2 Å². The normalized spacial score (nSPS) is 31.5. The van der Waals surface area contributed by atoms with Crippen LogP contribution in [0.2, 0.25) is 0 Å². The van der Waals surface area contributed by atoms with Gasteiger partial charge in [0, 0.05) is 53.0 Å². The van der Waals surface area contributed by atoms with Crippen molar-refractivity contribution in [3.63, 3.8) is 0 Å². The van der Waals surface area contributed by atoms with E-state index in [2.05, 4.69) is 18.3 Å². The van der Waals surface area contributed by atoms with Crippen molar-refractivity contribution in [3.8, 4) is 0 Å². The second-order valence-corrected chi connectivity index (χ2v) is 13.3. The summed E-state index contributed by atoms with van der Waals surface area (Å²) in [6.45, 7) is 12.2. The maximum atomic E-state index is 13.0. The summed E-state index contributed by atoms with van der Waals surface area (Å²) >= 11 is 0. The highest BCUT2D eigenvalue weighted by Gasteiger charge is 2.58. The molecule has 0 radical (unpaired) electrons. The second kappa shape index (κ2) is 17.4. The van der Waals surface area contributed by atoms with Gasteiger partial charge in [-0.15, -0.1) is 0 Å². The molecule has 0 aromatic heterocycles. The summed E-state index contributed by atoms with van der Waals surface area (Å²) in [6.07, 6.45) is 8.73. The van der Waals surface area contributed by atoms with Gasteiger partial charge < -0.3 is 39.2 Å². The summed E-state index contributed by atoms with van der Waals surface area (Å²) in [5.74, 6) is -0.505. The molecule has 0 aromatic carbocycles. The SMILES string of the molecule is CCC(=O)N(C)CCN(C)C(=O)C[C@@H]1C[C@@]2(CO2)[C@H](O)[C@@H](/C=C/C(C)=C/C[C@@H]2O[C@H](C)[C@H](NC(=O)/C=C\[C@H](C)OC(C)=O)C[C@@H]2C)O1. The van der Waals surface area contributed by atoms with Crippen LogP contribution < -0.4 is 5.32 Å². The predicted octanol–water partition coefficient (Wildman–Crippen LogP) is 2.69. The minimum absolute atomic E-state index is 0.0204. The zero-order chi connectivity index (χ0) is 34.9. The Bertz CT molecular complexity index is 1200. The van der Waals surface area contributed by atoms with Gasteiger partial charge in [0.25, 0.3) is 0 Å². The summed E-state index contributed by atoms with van der Waals surface area (Å²) in [5, 5.41) is 14.0. The van der Waals surface area contributed by atoms with E-state index < -0.39 is 36.0 Å². The zero-order valence-corrected chi connectivity index (χ0v) is 29.3. The maximum absolute atomic E-state index is 13.0. The zero-order valence-electron chi connectivity index (χ0n) is 29.3. The van der Waals surface area contributed by atoms with Crippen LogP contribution in [0.25, 0.3) is 0 Å². The Balaban J connectivity index is 1.50. The van der Waals surface area contributed by atoms with Gasteiger partial charge in [0.05, 0.1) is 37.4 Å². The topological polar surface area (TPSA) is 147 Å². The summed E-state index contributed by atoms with van der Waals surface area (Å²) in [4.78, 5) is 51.5. The number of allylic oxidation sites excluding steroid dienone is 2. The highest BCUT2D eigenvalue weighted by Crippen LogP contribution is 2.43. The van der Waals surface area contributed by atoms with Crippen molar-refractivity contribution in [2.24, 2.45) is 5.92 Å². The highest BCUT2D eigenvalue weighted by molar-refractivity contribution is 5.87. The lowest BCUT2D eigenvalue weighted by molar-refractivity contribution is -0.150. The molecule has 3 fully saturated rings. The van der Waals surface area contributed by atoms with Crippen LogP contribution >= 0.6 is 0 Å². The fourth-order valence-electron chi connectivity index (χ4n) is 6.06. The summed E-state index contributed by atoms with van der Waals surface area (Å²) in [5.41, 5.74) is 0.299. The molecule has 0 unspecified atom stereocenters. The quantitative estimate of drug-likeness (QED) is 0.124. The van der Waals surface area contributed by atoms with Crippen LogP contribution in [-0.4, -0.2) is 121 Å². The number of aliphatic hydroxyl groups is 1. The number of nitrogens with zero attached hydrogens (tertiary/aromatic N) is 2. The number of likely N-dealkylation sites (N-methyl/N-ethyl adjacent to an activating group) is 2. The van der Waals surface area contributed by atoms with Crippen LogP contribution in [0.5, 0.6) is 0 Å². The van der Waals surface area contributed by atoms with E-state index in [0.717, 1.165) is 12.0 Å². The largest absolute Gasteiger partial charge is 0.459 e. The maximum Gasteiger partial charge on any atom is 0.303 e. The molecule has 0 aromatic rings. The Morgan fingerprint density at radius 1 is 1.06 bits per heavy atom. The monoisotopic (exact) mass is 661 g/mol. The molecule has 0 saturated carbocycles. The first-order chi connectivity index (χ1) is 22.1. The van der Waals surface area contributed by atoms with E-state index in [9.17, 15) is 24.3 Å². The van der Waals surface area contributed by atoms with Gasteiger partial charge in [-0.2, -0.15) is 0 Å². The summed E-state index contributed by atoms with van der Waals surface area (Å²) in [6, 6.07) is -0.138. The molecule has 2 N–H and O–H groups in total. The Labute approximate surface area is 279 Å². The lowest BCUT2D eigenvalue weighted by atomic mass is 9.87. The number of esters is 1. The van der Waals surface area contributed by atoms with Crippen molar-refractivity contribution in [1.29, 1.82) is 0 Å². The van der Waals surface area contributed by atoms with Crippen LogP contribution in [0.3, 0.4) is 0 Å². The number of epoxide rings is 1. The third kappa shape index (κ3) is 11.5. The van der Waals surface area contributed by atoms with Crippen LogP contribution in [0, 0.1) is 5.92 Å². The summed E-state index contributed by atoms with van der Waals surface area (Å²) < 4.78 is 23.2.